The Morgan fingerprint density at radius 1 is 1.38 bits per heavy atom. The molecule has 0 aromatic carbocycles. The molecule has 0 spiro atoms. The van der Waals surface area contributed by atoms with Crippen molar-refractivity contribution in [2.75, 3.05) is 13.1 Å². The van der Waals surface area contributed by atoms with Crippen molar-refractivity contribution in [3.63, 3.8) is 0 Å². The van der Waals surface area contributed by atoms with Gasteiger partial charge in [0.05, 0.1) is 5.92 Å². The molecule has 1 N–H and O–H groups in total. The molecule has 1 aromatic rings. The second-order valence-electron chi connectivity index (χ2n) is 7.51. The molecule has 5 nitrogen and oxygen atoms in total. The second-order valence-corrected chi connectivity index (χ2v) is 7.51. The molecule has 1 aliphatic carbocycles. The van der Waals surface area contributed by atoms with E-state index in [-0.39, 0.29) is 17.9 Å². The molecule has 1 aliphatic heterocycles. The molecular formula is C19H31N3O2. The third-order valence-electron chi connectivity index (χ3n) is 5.39. The van der Waals surface area contributed by atoms with Gasteiger partial charge in [-0.3, -0.25) is 9.69 Å². The maximum absolute atomic E-state index is 12.5. The highest BCUT2D eigenvalue weighted by molar-refractivity contribution is 5.79. The molecule has 5 heteroatoms. The first-order chi connectivity index (χ1) is 11.7. The normalized spacial score (nSPS) is 22.8. The summed E-state index contributed by atoms with van der Waals surface area (Å²) >= 11 is 0. The molecule has 1 amide bonds. The summed E-state index contributed by atoms with van der Waals surface area (Å²) in [7, 11) is 0. The smallest absolute Gasteiger partial charge is 0.224 e. The maximum Gasteiger partial charge on any atom is 0.224 e. The van der Waals surface area contributed by atoms with Crippen LogP contribution in [0.1, 0.15) is 69.4 Å². The Hall–Kier alpha value is -1.36. The molecule has 3 rings (SSSR count). The number of nitrogens with zero attached hydrogens (tertiary/aromatic N) is 2. The third kappa shape index (κ3) is 4.18. The third-order valence-corrected chi connectivity index (χ3v) is 5.39. The predicted molar refractivity (Wildman–Crippen MR) is 93.7 cm³/mol. The van der Waals surface area contributed by atoms with Crippen molar-refractivity contribution < 1.29 is 9.32 Å². The van der Waals surface area contributed by atoms with E-state index >= 15 is 0 Å². The zero-order valence-electron chi connectivity index (χ0n) is 15.1. The first-order valence-electron chi connectivity index (χ1n) is 9.66. The minimum absolute atomic E-state index is 0.112. The number of aryl methyl sites for hydroxylation is 1. The summed E-state index contributed by atoms with van der Waals surface area (Å²) in [5, 5.41) is 7.50. The van der Waals surface area contributed by atoms with Crippen molar-refractivity contribution in [2.24, 2.45) is 5.92 Å². The Kier molecular flexibility index (Phi) is 5.93. The second kappa shape index (κ2) is 8.15. The quantitative estimate of drug-likeness (QED) is 0.869. The molecule has 1 fully saturated rings. The van der Waals surface area contributed by atoms with Gasteiger partial charge < -0.3 is 9.84 Å². The molecule has 1 aromatic heterocycles. The molecule has 2 aliphatic rings. The van der Waals surface area contributed by atoms with E-state index in [0.29, 0.717) is 0 Å². The van der Waals surface area contributed by atoms with Crippen LogP contribution in [-0.4, -0.2) is 35.1 Å². The van der Waals surface area contributed by atoms with Crippen LogP contribution in [0.25, 0.3) is 0 Å². The van der Waals surface area contributed by atoms with Gasteiger partial charge in [-0.05, 0) is 52.0 Å². The molecule has 134 valence electrons. The van der Waals surface area contributed by atoms with E-state index in [1.54, 1.807) is 0 Å². The molecule has 0 radical (unpaired) electrons. The van der Waals surface area contributed by atoms with E-state index in [2.05, 4.69) is 29.2 Å². The minimum Gasteiger partial charge on any atom is -0.361 e. The number of rotatable bonds is 6. The van der Waals surface area contributed by atoms with Crippen LogP contribution in [0.15, 0.2) is 4.52 Å². The highest BCUT2D eigenvalue weighted by Gasteiger charge is 2.28. The number of amides is 1. The number of aromatic nitrogens is 1. The average molecular weight is 333 g/mol. The summed E-state index contributed by atoms with van der Waals surface area (Å²) in [6, 6.07) is 0.278. The SMILES string of the molecule is CCC[C@H](C)NC(=O)[C@@H]1CCCN(Cc2noc3c2CCCC3)C1. The van der Waals surface area contributed by atoms with E-state index in [4.69, 9.17) is 4.52 Å². The van der Waals surface area contributed by atoms with Gasteiger partial charge in [0.1, 0.15) is 11.5 Å². The van der Waals surface area contributed by atoms with Gasteiger partial charge in [-0.15, -0.1) is 0 Å². The van der Waals surface area contributed by atoms with Crippen LogP contribution < -0.4 is 5.32 Å². The maximum atomic E-state index is 12.5. The van der Waals surface area contributed by atoms with Gasteiger partial charge >= 0.3 is 0 Å². The van der Waals surface area contributed by atoms with Crippen LogP contribution >= 0.6 is 0 Å². The van der Waals surface area contributed by atoms with Gasteiger partial charge in [0.25, 0.3) is 0 Å². The highest BCUT2D eigenvalue weighted by atomic mass is 16.5. The highest BCUT2D eigenvalue weighted by Crippen LogP contribution is 2.26. The summed E-state index contributed by atoms with van der Waals surface area (Å²) in [6.07, 6.45) is 8.81. The first kappa shape index (κ1) is 17.5. The Labute approximate surface area is 145 Å². The van der Waals surface area contributed by atoms with Gasteiger partial charge in [0.15, 0.2) is 0 Å². The van der Waals surface area contributed by atoms with Crippen molar-refractivity contribution >= 4 is 5.91 Å². The van der Waals surface area contributed by atoms with Gasteiger partial charge in [-0.2, -0.15) is 0 Å². The number of carbonyl (C=O) groups excluding carboxylic acids is 1. The molecule has 24 heavy (non-hydrogen) atoms. The fourth-order valence-corrected chi connectivity index (χ4v) is 4.06. The van der Waals surface area contributed by atoms with Crippen LogP contribution in [-0.2, 0) is 24.2 Å². The zero-order valence-corrected chi connectivity index (χ0v) is 15.1. The fourth-order valence-electron chi connectivity index (χ4n) is 4.06. The first-order valence-corrected chi connectivity index (χ1v) is 9.66. The van der Waals surface area contributed by atoms with Crippen molar-refractivity contribution in [2.45, 2.75) is 77.8 Å². The summed E-state index contributed by atoms with van der Waals surface area (Å²) < 4.78 is 5.53. The topological polar surface area (TPSA) is 58.4 Å². The van der Waals surface area contributed by atoms with Gasteiger partial charge in [0, 0.05) is 31.1 Å². The van der Waals surface area contributed by atoms with Gasteiger partial charge in [-0.1, -0.05) is 18.5 Å². The number of carbonyl (C=O) groups is 1. The predicted octanol–water partition coefficient (Wildman–Crippen LogP) is 3.07. The average Bonchev–Trinajstić information content (AvgIpc) is 2.98. The number of hydrogen-bond acceptors (Lipinski definition) is 4. The van der Waals surface area contributed by atoms with E-state index < -0.39 is 0 Å². The summed E-state index contributed by atoms with van der Waals surface area (Å²) in [5.41, 5.74) is 2.44. The number of likely N-dealkylation sites (tertiary alicyclic amines) is 1. The Balaban J connectivity index is 1.56. The molecular weight excluding hydrogens is 302 g/mol. The minimum atomic E-state index is 0.112. The van der Waals surface area contributed by atoms with Crippen molar-refractivity contribution in [1.82, 2.24) is 15.4 Å². The molecule has 0 bridgehead atoms. The van der Waals surface area contributed by atoms with E-state index in [9.17, 15) is 4.79 Å². The number of fused-ring (bicyclic) bond motifs is 1. The molecule has 1 saturated heterocycles. The van der Waals surface area contributed by atoms with Crippen molar-refractivity contribution in [1.29, 1.82) is 0 Å². The van der Waals surface area contributed by atoms with E-state index in [1.807, 2.05) is 0 Å². The van der Waals surface area contributed by atoms with Crippen LogP contribution in [0.5, 0.6) is 0 Å². The number of nitrogens with one attached hydrogen (secondary N) is 1. The van der Waals surface area contributed by atoms with Gasteiger partial charge in [0.2, 0.25) is 5.91 Å². The van der Waals surface area contributed by atoms with Crippen LogP contribution in [0, 0.1) is 5.92 Å². The Morgan fingerprint density at radius 2 is 2.21 bits per heavy atom. The summed E-state index contributed by atoms with van der Waals surface area (Å²) in [5.74, 6) is 1.43. The van der Waals surface area contributed by atoms with Crippen LogP contribution in [0.2, 0.25) is 0 Å². The fraction of sp³-hybridized carbons (Fsp3) is 0.789. The standard InChI is InChI=1S/C19H31N3O2/c1-3-7-14(2)20-19(23)15-8-6-11-22(12-15)13-17-16-9-4-5-10-18(16)24-21-17/h14-15H,3-13H2,1-2H3,(H,20,23)/t14-,15+/m0/s1. The Bertz CT molecular complexity index is 555. The van der Waals surface area contributed by atoms with Crippen molar-refractivity contribution in [3.8, 4) is 0 Å². The summed E-state index contributed by atoms with van der Waals surface area (Å²) in [4.78, 5) is 14.9. The number of piperidine rings is 1. The largest absolute Gasteiger partial charge is 0.361 e. The van der Waals surface area contributed by atoms with Crippen LogP contribution in [0.4, 0.5) is 0 Å². The zero-order chi connectivity index (χ0) is 16.9. The van der Waals surface area contributed by atoms with Crippen LogP contribution in [0.3, 0.4) is 0 Å². The number of hydrogen-bond donors (Lipinski definition) is 1. The molecule has 0 unspecified atom stereocenters. The Morgan fingerprint density at radius 3 is 3.04 bits per heavy atom. The van der Waals surface area contributed by atoms with E-state index in [0.717, 1.165) is 69.6 Å². The lowest BCUT2D eigenvalue weighted by atomic mass is 9.94. The molecule has 2 heterocycles. The summed E-state index contributed by atoms with van der Waals surface area (Å²) in [6.45, 7) is 6.97. The van der Waals surface area contributed by atoms with E-state index in [1.165, 1.54) is 18.4 Å². The lowest BCUT2D eigenvalue weighted by molar-refractivity contribution is -0.127. The molecule has 2 atom stereocenters. The molecule has 0 saturated carbocycles. The van der Waals surface area contributed by atoms with Crippen molar-refractivity contribution in [3.05, 3.63) is 17.0 Å². The van der Waals surface area contributed by atoms with Gasteiger partial charge in [-0.25, -0.2) is 0 Å². The monoisotopic (exact) mass is 333 g/mol. The lowest BCUT2D eigenvalue weighted by Gasteiger charge is -2.32. The lowest BCUT2D eigenvalue weighted by Crippen LogP contribution is -2.45.